The van der Waals surface area contributed by atoms with Gasteiger partial charge in [-0.3, -0.25) is 0 Å². The molecule has 2 fully saturated rings. The third-order valence-electron chi connectivity index (χ3n) is 4.36. The molecule has 1 N–H and O–H groups in total. The summed E-state index contributed by atoms with van der Waals surface area (Å²) in [5.41, 5.74) is 0.266. The van der Waals surface area contributed by atoms with E-state index in [0.717, 1.165) is 38.5 Å². The molecule has 0 radical (unpaired) electrons. The van der Waals surface area contributed by atoms with Crippen LogP contribution in [0.25, 0.3) is 0 Å². The summed E-state index contributed by atoms with van der Waals surface area (Å²) in [6.07, 6.45) is 3.47. The van der Waals surface area contributed by atoms with E-state index in [-0.39, 0.29) is 11.3 Å². The number of rotatable bonds is 6. The molecule has 1 atom stereocenters. The largest absolute Gasteiger partial charge is 0.309 e. The molecule has 0 spiro atoms. The van der Waals surface area contributed by atoms with Crippen molar-refractivity contribution in [2.75, 3.05) is 37.7 Å². The third-order valence-corrected chi connectivity index (χ3v) is 6.15. The lowest BCUT2D eigenvalue weighted by atomic mass is 9.93. The fourth-order valence-corrected chi connectivity index (χ4v) is 3.79. The van der Waals surface area contributed by atoms with E-state index >= 15 is 0 Å². The Morgan fingerprint density at radius 3 is 2.72 bits per heavy atom. The maximum Gasteiger partial charge on any atom is 0.150 e. The van der Waals surface area contributed by atoms with E-state index < -0.39 is 9.84 Å². The van der Waals surface area contributed by atoms with E-state index in [1.807, 2.05) is 0 Å². The first kappa shape index (κ1) is 14.3. The van der Waals surface area contributed by atoms with Gasteiger partial charge in [-0.2, -0.15) is 0 Å². The minimum atomic E-state index is -2.80. The zero-order valence-electron chi connectivity index (χ0n) is 11.6. The Balaban J connectivity index is 1.76. The van der Waals surface area contributed by atoms with Gasteiger partial charge >= 0.3 is 0 Å². The van der Waals surface area contributed by atoms with Crippen LogP contribution in [0.5, 0.6) is 0 Å². The molecule has 1 saturated heterocycles. The topological polar surface area (TPSA) is 49.4 Å². The lowest BCUT2D eigenvalue weighted by molar-refractivity contribution is 0.127. The van der Waals surface area contributed by atoms with Crippen molar-refractivity contribution in [1.29, 1.82) is 0 Å². The molecule has 0 bridgehead atoms. The maximum absolute atomic E-state index is 11.5. The monoisotopic (exact) mass is 274 g/mol. The lowest BCUT2D eigenvalue weighted by Gasteiger charge is -2.42. The van der Waals surface area contributed by atoms with Gasteiger partial charge in [-0.25, -0.2) is 8.42 Å². The smallest absolute Gasteiger partial charge is 0.150 e. The molecule has 0 amide bonds. The second-order valence-corrected chi connectivity index (χ2v) is 8.46. The molecule has 5 heteroatoms. The van der Waals surface area contributed by atoms with E-state index in [1.165, 1.54) is 12.8 Å². The number of hydrogen-bond donors (Lipinski definition) is 1. The lowest BCUT2D eigenvalue weighted by Crippen LogP contribution is -2.60. The van der Waals surface area contributed by atoms with Gasteiger partial charge in [-0.05, 0) is 38.6 Å². The Hall–Kier alpha value is -0.130. The second kappa shape index (κ2) is 5.47. The summed E-state index contributed by atoms with van der Waals surface area (Å²) in [6, 6.07) is 0. The molecule has 2 rings (SSSR count). The fourth-order valence-electron chi connectivity index (χ4n) is 2.94. The summed E-state index contributed by atoms with van der Waals surface area (Å²) in [6.45, 7) is 8.12. The van der Waals surface area contributed by atoms with Crippen LogP contribution in [0, 0.1) is 5.92 Å². The third kappa shape index (κ3) is 3.68. The van der Waals surface area contributed by atoms with Crippen molar-refractivity contribution in [2.45, 2.75) is 38.6 Å². The maximum atomic E-state index is 11.5. The predicted octanol–water partition coefficient (Wildman–Crippen LogP) is 0.885. The van der Waals surface area contributed by atoms with Gasteiger partial charge in [0.25, 0.3) is 0 Å². The van der Waals surface area contributed by atoms with Crippen molar-refractivity contribution in [1.82, 2.24) is 10.2 Å². The van der Waals surface area contributed by atoms with E-state index in [1.54, 1.807) is 6.92 Å². The highest BCUT2D eigenvalue weighted by molar-refractivity contribution is 7.91. The summed E-state index contributed by atoms with van der Waals surface area (Å²) >= 11 is 0. The average molecular weight is 274 g/mol. The molecule has 0 aromatic rings. The van der Waals surface area contributed by atoms with Crippen molar-refractivity contribution < 1.29 is 8.42 Å². The van der Waals surface area contributed by atoms with Crippen LogP contribution >= 0.6 is 0 Å². The van der Waals surface area contributed by atoms with E-state index in [0.29, 0.717) is 5.75 Å². The van der Waals surface area contributed by atoms with Crippen molar-refractivity contribution in [2.24, 2.45) is 5.92 Å². The highest BCUT2D eigenvalue weighted by atomic mass is 32.2. The molecular formula is C13H26N2O2S. The van der Waals surface area contributed by atoms with Gasteiger partial charge < -0.3 is 10.2 Å². The SMILES string of the molecule is CCS(=O)(=O)CCCN1CCNC(C)(C2CC2)C1. The van der Waals surface area contributed by atoms with Crippen LogP contribution < -0.4 is 5.32 Å². The minimum absolute atomic E-state index is 0.266. The Labute approximate surface area is 111 Å². The molecule has 2 aliphatic rings. The van der Waals surface area contributed by atoms with E-state index in [4.69, 9.17) is 0 Å². The zero-order valence-corrected chi connectivity index (χ0v) is 12.4. The number of nitrogens with zero attached hydrogens (tertiary/aromatic N) is 1. The molecule has 1 heterocycles. The molecule has 1 unspecified atom stereocenters. The van der Waals surface area contributed by atoms with Crippen LogP contribution in [0.15, 0.2) is 0 Å². The van der Waals surface area contributed by atoms with Gasteiger partial charge in [0.1, 0.15) is 9.84 Å². The first-order chi connectivity index (χ1) is 8.45. The predicted molar refractivity (Wildman–Crippen MR) is 74.5 cm³/mol. The van der Waals surface area contributed by atoms with Crippen LogP contribution in [0.4, 0.5) is 0 Å². The highest BCUT2D eigenvalue weighted by Crippen LogP contribution is 2.40. The molecule has 1 aliphatic carbocycles. The molecule has 0 aromatic carbocycles. The van der Waals surface area contributed by atoms with E-state index in [9.17, 15) is 8.42 Å². The van der Waals surface area contributed by atoms with Crippen molar-refractivity contribution >= 4 is 9.84 Å². The van der Waals surface area contributed by atoms with Crippen molar-refractivity contribution in [3.05, 3.63) is 0 Å². The molecule has 4 nitrogen and oxygen atoms in total. The van der Waals surface area contributed by atoms with Gasteiger partial charge in [0, 0.05) is 30.9 Å². The summed E-state index contributed by atoms with van der Waals surface area (Å²) < 4.78 is 22.9. The molecular weight excluding hydrogens is 248 g/mol. The molecule has 1 aliphatic heterocycles. The Bertz CT molecular complexity index is 378. The normalized spacial score (nSPS) is 30.6. The Kier molecular flexibility index (Phi) is 4.34. The Morgan fingerprint density at radius 1 is 1.39 bits per heavy atom. The number of hydrogen-bond acceptors (Lipinski definition) is 4. The number of nitrogens with one attached hydrogen (secondary N) is 1. The van der Waals surface area contributed by atoms with Crippen LogP contribution in [0.1, 0.15) is 33.1 Å². The molecule has 1 saturated carbocycles. The number of piperazine rings is 1. The highest BCUT2D eigenvalue weighted by Gasteiger charge is 2.43. The van der Waals surface area contributed by atoms with Crippen LogP contribution in [-0.2, 0) is 9.84 Å². The number of sulfone groups is 1. The van der Waals surface area contributed by atoms with Gasteiger partial charge in [-0.15, -0.1) is 0 Å². The van der Waals surface area contributed by atoms with Crippen LogP contribution in [0.3, 0.4) is 0 Å². The van der Waals surface area contributed by atoms with Crippen molar-refractivity contribution in [3.8, 4) is 0 Å². The van der Waals surface area contributed by atoms with Gasteiger partial charge in [0.2, 0.25) is 0 Å². The summed E-state index contributed by atoms with van der Waals surface area (Å²) in [5.74, 6) is 1.45. The summed E-state index contributed by atoms with van der Waals surface area (Å²) in [4.78, 5) is 2.43. The summed E-state index contributed by atoms with van der Waals surface area (Å²) in [5, 5.41) is 3.65. The quantitative estimate of drug-likeness (QED) is 0.781. The fraction of sp³-hybridized carbons (Fsp3) is 1.00. The summed E-state index contributed by atoms with van der Waals surface area (Å²) in [7, 11) is -2.80. The van der Waals surface area contributed by atoms with Crippen LogP contribution in [0.2, 0.25) is 0 Å². The average Bonchev–Trinajstić information content (AvgIpc) is 3.13. The first-order valence-electron chi connectivity index (χ1n) is 7.13. The van der Waals surface area contributed by atoms with Crippen molar-refractivity contribution in [3.63, 3.8) is 0 Å². The minimum Gasteiger partial charge on any atom is -0.309 e. The van der Waals surface area contributed by atoms with Gasteiger partial charge in [0.15, 0.2) is 0 Å². The molecule has 0 aromatic heterocycles. The molecule has 106 valence electrons. The zero-order chi connectivity index (χ0) is 13.2. The van der Waals surface area contributed by atoms with Gasteiger partial charge in [0.05, 0.1) is 5.75 Å². The van der Waals surface area contributed by atoms with Gasteiger partial charge in [-0.1, -0.05) is 6.92 Å². The standard InChI is InChI=1S/C13H26N2O2S/c1-3-18(16,17)10-4-8-15-9-7-14-13(2,11-15)12-5-6-12/h12,14H,3-11H2,1-2H3. The second-order valence-electron chi connectivity index (χ2n) is 5.98. The molecule has 18 heavy (non-hydrogen) atoms. The first-order valence-corrected chi connectivity index (χ1v) is 8.95. The Morgan fingerprint density at radius 2 is 2.11 bits per heavy atom. The van der Waals surface area contributed by atoms with Crippen LogP contribution in [-0.4, -0.2) is 56.5 Å². The van der Waals surface area contributed by atoms with E-state index in [2.05, 4.69) is 17.1 Å².